The summed E-state index contributed by atoms with van der Waals surface area (Å²) in [5.74, 6) is 0.210. The summed E-state index contributed by atoms with van der Waals surface area (Å²) in [6.07, 6.45) is 4.93. The smallest absolute Gasteiger partial charge is 0.319 e. The summed E-state index contributed by atoms with van der Waals surface area (Å²) in [6, 6.07) is 15.5. The fourth-order valence-electron chi connectivity index (χ4n) is 3.57. The number of benzene rings is 2. The molecule has 0 spiro atoms. The number of hydrogen-bond donors (Lipinski definition) is 3. The number of aryl methyl sites for hydroxylation is 1. The van der Waals surface area contributed by atoms with Gasteiger partial charge < -0.3 is 16.0 Å². The van der Waals surface area contributed by atoms with Crippen LogP contribution in [0, 0.1) is 12.8 Å². The van der Waals surface area contributed by atoms with E-state index in [1.54, 1.807) is 0 Å². The van der Waals surface area contributed by atoms with Crippen LogP contribution in [0.25, 0.3) is 0 Å². The van der Waals surface area contributed by atoms with Crippen molar-refractivity contribution < 1.29 is 9.59 Å². The fraction of sp³-hybridized carbons (Fsp3) is 0.364. The third kappa shape index (κ3) is 3.82. The number of rotatable bonds is 5. The van der Waals surface area contributed by atoms with Gasteiger partial charge in [0.1, 0.15) is 0 Å². The van der Waals surface area contributed by atoms with Crippen LogP contribution in [0.15, 0.2) is 48.5 Å². The maximum absolute atomic E-state index is 12.7. The van der Waals surface area contributed by atoms with E-state index in [1.807, 2.05) is 43.3 Å². The molecule has 140 valence electrons. The Morgan fingerprint density at radius 1 is 1.00 bits per heavy atom. The van der Waals surface area contributed by atoms with Gasteiger partial charge in [0.05, 0.1) is 5.54 Å². The highest BCUT2D eigenvalue weighted by Gasteiger charge is 2.40. The number of nitrogens with one attached hydrogen (secondary N) is 3. The molecule has 0 aromatic heterocycles. The van der Waals surface area contributed by atoms with Gasteiger partial charge in [0.15, 0.2) is 0 Å². The van der Waals surface area contributed by atoms with E-state index in [4.69, 9.17) is 0 Å². The molecule has 2 fully saturated rings. The van der Waals surface area contributed by atoms with Crippen LogP contribution >= 0.6 is 0 Å². The molecule has 2 aromatic carbocycles. The molecule has 0 heterocycles. The number of carbonyl (C=O) groups is 2. The molecule has 2 aliphatic carbocycles. The SMILES string of the molecule is Cc1ccc(NC(=O)C2CC2)cc1NC(=O)NC1(c2ccccc2)CCC1. The average Bonchev–Trinajstić information content (AvgIpc) is 3.47. The molecular weight excluding hydrogens is 338 g/mol. The lowest BCUT2D eigenvalue weighted by molar-refractivity contribution is -0.117. The molecule has 0 atom stereocenters. The monoisotopic (exact) mass is 363 g/mol. The van der Waals surface area contributed by atoms with Crippen molar-refractivity contribution in [1.29, 1.82) is 0 Å². The van der Waals surface area contributed by atoms with E-state index >= 15 is 0 Å². The quantitative estimate of drug-likeness (QED) is 0.730. The molecule has 3 amide bonds. The minimum atomic E-state index is -0.281. The molecule has 27 heavy (non-hydrogen) atoms. The van der Waals surface area contributed by atoms with Crippen molar-refractivity contribution in [2.75, 3.05) is 10.6 Å². The molecule has 0 saturated heterocycles. The van der Waals surface area contributed by atoms with Crippen molar-refractivity contribution >= 4 is 23.3 Å². The van der Waals surface area contributed by atoms with E-state index in [-0.39, 0.29) is 23.4 Å². The normalized spacial score (nSPS) is 17.5. The van der Waals surface area contributed by atoms with Gasteiger partial charge in [-0.2, -0.15) is 0 Å². The van der Waals surface area contributed by atoms with E-state index in [9.17, 15) is 9.59 Å². The predicted molar refractivity (Wildman–Crippen MR) is 107 cm³/mol. The van der Waals surface area contributed by atoms with E-state index in [0.717, 1.165) is 43.2 Å². The molecule has 2 aromatic rings. The second-order valence-corrected chi connectivity index (χ2v) is 7.67. The van der Waals surface area contributed by atoms with Gasteiger partial charge in [-0.05, 0) is 62.3 Å². The zero-order valence-electron chi connectivity index (χ0n) is 15.5. The number of hydrogen-bond acceptors (Lipinski definition) is 2. The molecule has 2 aliphatic rings. The zero-order valence-corrected chi connectivity index (χ0v) is 15.5. The molecule has 0 bridgehead atoms. The summed E-state index contributed by atoms with van der Waals surface area (Å²) >= 11 is 0. The average molecular weight is 363 g/mol. The highest BCUT2D eigenvalue weighted by molar-refractivity contribution is 5.96. The van der Waals surface area contributed by atoms with Crippen molar-refractivity contribution in [3.8, 4) is 0 Å². The van der Waals surface area contributed by atoms with Crippen LogP contribution in [-0.2, 0) is 10.3 Å². The van der Waals surface area contributed by atoms with Crippen molar-refractivity contribution in [2.45, 2.75) is 44.6 Å². The second-order valence-electron chi connectivity index (χ2n) is 7.67. The number of carbonyl (C=O) groups excluding carboxylic acids is 2. The predicted octanol–water partition coefficient (Wildman–Crippen LogP) is 4.54. The first-order chi connectivity index (χ1) is 13.1. The van der Waals surface area contributed by atoms with Gasteiger partial charge in [-0.3, -0.25) is 4.79 Å². The first-order valence-corrected chi connectivity index (χ1v) is 9.62. The highest BCUT2D eigenvalue weighted by atomic mass is 16.2. The van der Waals surface area contributed by atoms with Crippen LogP contribution in [0.2, 0.25) is 0 Å². The molecule has 0 unspecified atom stereocenters. The second kappa shape index (κ2) is 7.06. The van der Waals surface area contributed by atoms with E-state index < -0.39 is 0 Å². The lowest BCUT2D eigenvalue weighted by Crippen LogP contribution is -2.52. The molecule has 5 nitrogen and oxygen atoms in total. The first kappa shape index (κ1) is 17.6. The van der Waals surface area contributed by atoms with Crippen LogP contribution in [-0.4, -0.2) is 11.9 Å². The minimum Gasteiger partial charge on any atom is -0.328 e. The van der Waals surface area contributed by atoms with Gasteiger partial charge in [-0.15, -0.1) is 0 Å². The third-order valence-corrected chi connectivity index (χ3v) is 5.59. The standard InChI is InChI=1S/C22H25N3O2/c1-15-8-11-18(23-20(26)16-9-10-16)14-19(15)24-21(27)25-22(12-5-13-22)17-6-3-2-4-7-17/h2-4,6-8,11,14,16H,5,9-10,12-13H2,1H3,(H,23,26)(H2,24,25,27). The Bertz CT molecular complexity index is 855. The van der Waals surface area contributed by atoms with Crippen LogP contribution in [0.1, 0.15) is 43.2 Å². The molecule has 2 saturated carbocycles. The lowest BCUT2D eigenvalue weighted by Gasteiger charge is -2.43. The van der Waals surface area contributed by atoms with Gasteiger partial charge in [-0.1, -0.05) is 36.4 Å². The molecule has 0 aliphatic heterocycles. The summed E-state index contributed by atoms with van der Waals surface area (Å²) in [7, 11) is 0. The van der Waals surface area contributed by atoms with Crippen molar-refractivity contribution in [3.63, 3.8) is 0 Å². The largest absolute Gasteiger partial charge is 0.328 e. The third-order valence-electron chi connectivity index (χ3n) is 5.59. The summed E-state index contributed by atoms with van der Waals surface area (Å²) in [5, 5.41) is 9.06. The van der Waals surface area contributed by atoms with Crippen molar-refractivity contribution in [3.05, 3.63) is 59.7 Å². The minimum absolute atomic E-state index is 0.0618. The van der Waals surface area contributed by atoms with E-state index in [2.05, 4.69) is 28.1 Å². The summed E-state index contributed by atoms with van der Waals surface area (Å²) in [4.78, 5) is 24.7. The Labute approximate surface area is 159 Å². The Balaban J connectivity index is 1.45. The van der Waals surface area contributed by atoms with Gasteiger partial charge in [0, 0.05) is 17.3 Å². The van der Waals surface area contributed by atoms with Gasteiger partial charge in [-0.25, -0.2) is 4.79 Å². The molecule has 5 heteroatoms. The van der Waals surface area contributed by atoms with Crippen LogP contribution < -0.4 is 16.0 Å². The maximum Gasteiger partial charge on any atom is 0.319 e. The Kier molecular flexibility index (Phi) is 4.60. The Morgan fingerprint density at radius 2 is 1.74 bits per heavy atom. The zero-order chi connectivity index (χ0) is 18.9. The highest BCUT2D eigenvalue weighted by Crippen LogP contribution is 2.41. The first-order valence-electron chi connectivity index (χ1n) is 9.62. The van der Waals surface area contributed by atoms with Gasteiger partial charge in [0.25, 0.3) is 0 Å². The van der Waals surface area contributed by atoms with Gasteiger partial charge in [0.2, 0.25) is 5.91 Å². The number of amides is 3. The van der Waals surface area contributed by atoms with Crippen LogP contribution in [0.4, 0.5) is 16.2 Å². The van der Waals surface area contributed by atoms with Gasteiger partial charge >= 0.3 is 6.03 Å². The van der Waals surface area contributed by atoms with E-state index in [1.165, 1.54) is 0 Å². The van der Waals surface area contributed by atoms with Crippen LogP contribution in [0.5, 0.6) is 0 Å². The van der Waals surface area contributed by atoms with E-state index in [0.29, 0.717) is 11.4 Å². The molecule has 3 N–H and O–H groups in total. The molecule has 0 radical (unpaired) electrons. The summed E-state index contributed by atoms with van der Waals surface area (Å²) in [5.41, 5.74) is 3.25. The Morgan fingerprint density at radius 3 is 2.37 bits per heavy atom. The summed E-state index contributed by atoms with van der Waals surface area (Å²) in [6.45, 7) is 1.94. The molecular formula is C22H25N3O2. The molecule has 4 rings (SSSR count). The summed E-state index contributed by atoms with van der Waals surface area (Å²) < 4.78 is 0. The topological polar surface area (TPSA) is 70.2 Å². The van der Waals surface area contributed by atoms with Crippen molar-refractivity contribution in [2.24, 2.45) is 5.92 Å². The number of urea groups is 1. The van der Waals surface area contributed by atoms with Crippen molar-refractivity contribution in [1.82, 2.24) is 5.32 Å². The maximum atomic E-state index is 12.7. The fourth-order valence-corrected chi connectivity index (χ4v) is 3.57. The Hall–Kier alpha value is -2.82. The number of anilines is 2. The van der Waals surface area contributed by atoms with Crippen LogP contribution in [0.3, 0.4) is 0 Å². The lowest BCUT2D eigenvalue weighted by atomic mass is 9.72.